The van der Waals surface area contributed by atoms with Gasteiger partial charge in [0.2, 0.25) is 5.95 Å². The maximum Gasteiger partial charge on any atom is 0.258 e. The third-order valence-corrected chi connectivity index (χ3v) is 3.38. The van der Waals surface area contributed by atoms with Crippen LogP contribution in [0.2, 0.25) is 0 Å². The molecule has 21 heavy (non-hydrogen) atoms. The van der Waals surface area contributed by atoms with Crippen LogP contribution in [0.4, 0.5) is 5.95 Å². The summed E-state index contributed by atoms with van der Waals surface area (Å²) >= 11 is 0. The summed E-state index contributed by atoms with van der Waals surface area (Å²) in [6.07, 6.45) is 1.68. The van der Waals surface area contributed by atoms with Gasteiger partial charge in [-0.2, -0.15) is 0 Å². The molecule has 1 aromatic heterocycles. The Hall–Kier alpha value is -2.63. The summed E-state index contributed by atoms with van der Waals surface area (Å²) in [5.41, 5.74) is 7.89. The van der Waals surface area contributed by atoms with E-state index in [4.69, 9.17) is 10.5 Å². The molecule has 0 saturated carbocycles. The number of aromatic nitrogens is 2. The number of anilines is 1. The third kappa shape index (κ3) is 2.52. The quantitative estimate of drug-likeness (QED) is 0.926. The molecule has 3 rings (SSSR count). The molecule has 2 heterocycles. The molecule has 1 aliphatic heterocycles. The molecular weight excluding hydrogens is 268 g/mol. The molecule has 6 nitrogen and oxygen atoms in total. The van der Waals surface area contributed by atoms with Gasteiger partial charge in [0, 0.05) is 18.3 Å². The van der Waals surface area contributed by atoms with Crippen molar-refractivity contribution in [1.29, 1.82) is 0 Å². The Bertz CT molecular complexity index is 687. The molecule has 0 fully saturated rings. The number of ether oxygens (including phenoxy) is 1. The summed E-state index contributed by atoms with van der Waals surface area (Å²) in [5.74, 6) is 0.764. The van der Waals surface area contributed by atoms with Gasteiger partial charge in [-0.1, -0.05) is 12.1 Å². The van der Waals surface area contributed by atoms with Gasteiger partial charge in [-0.3, -0.25) is 4.79 Å². The number of benzene rings is 1. The van der Waals surface area contributed by atoms with E-state index in [9.17, 15) is 4.79 Å². The van der Waals surface area contributed by atoms with Crippen LogP contribution in [0.1, 0.15) is 28.5 Å². The van der Waals surface area contributed by atoms with E-state index in [2.05, 4.69) is 9.97 Å². The number of carbonyl (C=O) groups excluding carboxylic acids is 1. The standard InChI is InChI=1S/C15H16N4O2/c1-2-21-13-6-4-3-5-11(13)14(20)19-8-10-7-17-15(16)18-12(10)9-19/h3-7H,2,8-9H2,1H3,(H2,16,17,18). The molecule has 0 spiro atoms. The predicted molar refractivity (Wildman–Crippen MR) is 77.6 cm³/mol. The smallest absolute Gasteiger partial charge is 0.258 e. The second-order valence-electron chi connectivity index (χ2n) is 4.79. The van der Waals surface area contributed by atoms with E-state index < -0.39 is 0 Å². The number of para-hydroxylation sites is 1. The topological polar surface area (TPSA) is 81.3 Å². The van der Waals surface area contributed by atoms with Gasteiger partial charge < -0.3 is 15.4 Å². The molecule has 2 N–H and O–H groups in total. The van der Waals surface area contributed by atoms with Crippen molar-refractivity contribution in [2.45, 2.75) is 20.0 Å². The van der Waals surface area contributed by atoms with E-state index in [0.717, 1.165) is 11.3 Å². The van der Waals surface area contributed by atoms with Crippen molar-refractivity contribution < 1.29 is 9.53 Å². The summed E-state index contributed by atoms with van der Waals surface area (Å²) < 4.78 is 5.52. The normalized spacial score (nSPS) is 13.1. The minimum atomic E-state index is -0.0735. The highest BCUT2D eigenvalue weighted by Crippen LogP contribution is 2.26. The molecule has 0 unspecified atom stereocenters. The molecule has 0 bridgehead atoms. The largest absolute Gasteiger partial charge is 0.493 e. The Labute approximate surface area is 122 Å². The zero-order valence-corrected chi connectivity index (χ0v) is 11.7. The van der Waals surface area contributed by atoms with Crippen LogP contribution in [0.15, 0.2) is 30.5 Å². The van der Waals surface area contributed by atoms with E-state index in [0.29, 0.717) is 31.0 Å². The van der Waals surface area contributed by atoms with Crippen LogP contribution in [0.25, 0.3) is 0 Å². The molecule has 0 atom stereocenters. The summed E-state index contributed by atoms with van der Waals surface area (Å²) in [4.78, 5) is 22.5. The van der Waals surface area contributed by atoms with Crippen LogP contribution in [0, 0.1) is 0 Å². The van der Waals surface area contributed by atoms with Crippen molar-refractivity contribution in [1.82, 2.24) is 14.9 Å². The minimum Gasteiger partial charge on any atom is -0.493 e. The fourth-order valence-electron chi connectivity index (χ4n) is 2.41. The van der Waals surface area contributed by atoms with E-state index in [1.54, 1.807) is 23.2 Å². The first-order valence-electron chi connectivity index (χ1n) is 6.80. The van der Waals surface area contributed by atoms with Crippen molar-refractivity contribution in [3.8, 4) is 5.75 Å². The number of nitrogen functional groups attached to an aromatic ring is 1. The van der Waals surface area contributed by atoms with Gasteiger partial charge in [0.15, 0.2) is 0 Å². The summed E-state index contributed by atoms with van der Waals surface area (Å²) in [6.45, 7) is 3.36. The molecule has 1 aromatic carbocycles. The van der Waals surface area contributed by atoms with E-state index in [-0.39, 0.29) is 11.9 Å². The second kappa shape index (κ2) is 5.40. The van der Waals surface area contributed by atoms with Gasteiger partial charge in [0.05, 0.1) is 24.4 Å². The third-order valence-electron chi connectivity index (χ3n) is 3.38. The number of nitrogens with zero attached hydrogens (tertiary/aromatic N) is 3. The van der Waals surface area contributed by atoms with Gasteiger partial charge >= 0.3 is 0 Å². The molecule has 1 aliphatic rings. The lowest BCUT2D eigenvalue weighted by molar-refractivity contribution is 0.0746. The van der Waals surface area contributed by atoms with Gasteiger partial charge in [0.25, 0.3) is 5.91 Å². The van der Waals surface area contributed by atoms with E-state index >= 15 is 0 Å². The van der Waals surface area contributed by atoms with Crippen LogP contribution in [-0.2, 0) is 13.1 Å². The number of carbonyl (C=O) groups is 1. The van der Waals surface area contributed by atoms with Crippen molar-refractivity contribution in [2.24, 2.45) is 0 Å². The second-order valence-corrected chi connectivity index (χ2v) is 4.79. The lowest BCUT2D eigenvalue weighted by atomic mass is 10.1. The maximum atomic E-state index is 12.7. The van der Waals surface area contributed by atoms with E-state index in [1.807, 2.05) is 19.1 Å². The van der Waals surface area contributed by atoms with Gasteiger partial charge in [-0.25, -0.2) is 9.97 Å². The molecular formula is C15H16N4O2. The maximum absolute atomic E-state index is 12.7. The van der Waals surface area contributed by atoms with Crippen molar-refractivity contribution in [3.05, 3.63) is 47.3 Å². The first kappa shape index (κ1) is 13.4. The summed E-state index contributed by atoms with van der Waals surface area (Å²) in [6, 6.07) is 7.26. The molecule has 0 radical (unpaired) electrons. The molecule has 108 valence electrons. The van der Waals surface area contributed by atoms with Crippen molar-refractivity contribution >= 4 is 11.9 Å². The Morgan fingerprint density at radius 1 is 1.38 bits per heavy atom. The number of nitrogens with two attached hydrogens (primary N) is 1. The molecule has 6 heteroatoms. The van der Waals surface area contributed by atoms with Crippen molar-refractivity contribution in [3.63, 3.8) is 0 Å². The number of hydrogen-bond donors (Lipinski definition) is 1. The zero-order chi connectivity index (χ0) is 14.8. The SMILES string of the molecule is CCOc1ccccc1C(=O)N1Cc2cnc(N)nc2C1. The van der Waals surface area contributed by atoms with Crippen LogP contribution in [-0.4, -0.2) is 27.4 Å². The predicted octanol–water partition coefficient (Wildman–Crippen LogP) is 1.61. The van der Waals surface area contributed by atoms with Gasteiger partial charge in [-0.15, -0.1) is 0 Å². The fraction of sp³-hybridized carbons (Fsp3) is 0.267. The highest BCUT2D eigenvalue weighted by atomic mass is 16.5. The Balaban J connectivity index is 1.85. The monoisotopic (exact) mass is 284 g/mol. The highest BCUT2D eigenvalue weighted by molar-refractivity contribution is 5.97. The zero-order valence-electron chi connectivity index (χ0n) is 11.7. The van der Waals surface area contributed by atoms with Crippen LogP contribution in [0.3, 0.4) is 0 Å². The average Bonchev–Trinajstić information content (AvgIpc) is 2.90. The van der Waals surface area contributed by atoms with Gasteiger partial charge in [-0.05, 0) is 19.1 Å². The first-order valence-corrected chi connectivity index (χ1v) is 6.80. The molecule has 0 saturated heterocycles. The first-order chi connectivity index (χ1) is 10.2. The Kier molecular flexibility index (Phi) is 3.43. The summed E-state index contributed by atoms with van der Waals surface area (Å²) in [5, 5.41) is 0. The molecule has 2 aromatic rings. The van der Waals surface area contributed by atoms with Crippen LogP contribution in [0.5, 0.6) is 5.75 Å². The lowest BCUT2D eigenvalue weighted by Gasteiger charge is -2.17. The van der Waals surface area contributed by atoms with Crippen LogP contribution >= 0.6 is 0 Å². The van der Waals surface area contributed by atoms with Crippen molar-refractivity contribution in [2.75, 3.05) is 12.3 Å². The lowest BCUT2D eigenvalue weighted by Crippen LogP contribution is -2.26. The number of rotatable bonds is 3. The van der Waals surface area contributed by atoms with Gasteiger partial charge in [0.1, 0.15) is 5.75 Å². The minimum absolute atomic E-state index is 0.0735. The Morgan fingerprint density at radius 2 is 2.19 bits per heavy atom. The number of fused-ring (bicyclic) bond motifs is 1. The molecule has 0 aliphatic carbocycles. The number of amides is 1. The van der Waals surface area contributed by atoms with Crippen LogP contribution < -0.4 is 10.5 Å². The number of hydrogen-bond acceptors (Lipinski definition) is 5. The fourth-order valence-corrected chi connectivity index (χ4v) is 2.41. The Morgan fingerprint density at radius 3 is 3.00 bits per heavy atom. The average molecular weight is 284 g/mol. The molecule has 1 amide bonds. The van der Waals surface area contributed by atoms with E-state index in [1.165, 1.54) is 0 Å². The summed E-state index contributed by atoms with van der Waals surface area (Å²) in [7, 11) is 0. The highest BCUT2D eigenvalue weighted by Gasteiger charge is 2.27.